The van der Waals surface area contributed by atoms with Gasteiger partial charge < -0.3 is 5.11 Å². The molecule has 3 heteroatoms. The summed E-state index contributed by atoms with van der Waals surface area (Å²) in [6.07, 6.45) is 7.99. The molecule has 1 aromatic carbocycles. The largest absolute Gasteiger partial charge is 0.481 e. The zero-order valence-corrected chi connectivity index (χ0v) is 16.1. The van der Waals surface area contributed by atoms with Gasteiger partial charge >= 0.3 is 5.97 Å². The highest BCUT2D eigenvalue weighted by Gasteiger charge is 2.50. The molecule has 134 valence electrons. The van der Waals surface area contributed by atoms with Crippen LogP contribution in [0.5, 0.6) is 0 Å². The van der Waals surface area contributed by atoms with Gasteiger partial charge in [0.25, 0.3) is 0 Å². The SMILES string of the molecule is Cc1c([C@H](C)C(=O)O)ccc2c1CC1C2CC=C2CC(Cl)CC[C@@]21C. The van der Waals surface area contributed by atoms with Crippen LogP contribution in [-0.2, 0) is 11.2 Å². The summed E-state index contributed by atoms with van der Waals surface area (Å²) in [7, 11) is 0. The van der Waals surface area contributed by atoms with Crippen molar-refractivity contribution in [2.45, 2.75) is 70.1 Å². The standard InChI is InChI=1S/C22H27ClO2/c1-12-16(13(2)21(24)25)6-7-17-18-5-4-14-10-15(23)8-9-22(14,3)20(18)11-19(12)17/h4,6-7,13,15,18,20H,5,8-11H2,1-3H3,(H,24,25)/t13-,15?,18?,20?,22-/m0/s1. The van der Waals surface area contributed by atoms with Crippen molar-refractivity contribution in [3.8, 4) is 0 Å². The van der Waals surface area contributed by atoms with E-state index < -0.39 is 11.9 Å². The fourth-order valence-corrected chi connectivity index (χ4v) is 6.03. The monoisotopic (exact) mass is 358 g/mol. The van der Waals surface area contributed by atoms with E-state index in [1.54, 1.807) is 12.5 Å². The molecule has 0 aliphatic heterocycles. The molecule has 0 aromatic heterocycles. The van der Waals surface area contributed by atoms with Crippen LogP contribution in [0.15, 0.2) is 23.8 Å². The Hall–Kier alpha value is -1.28. The Balaban J connectivity index is 1.73. The van der Waals surface area contributed by atoms with E-state index in [0.29, 0.717) is 17.2 Å². The Labute approximate surface area is 155 Å². The topological polar surface area (TPSA) is 37.3 Å². The number of carboxylic acid groups (broad SMARTS) is 1. The minimum absolute atomic E-state index is 0.262. The number of aliphatic carboxylic acids is 1. The van der Waals surface area contributed by atoms with Crippen molar-refractivity contribution in [2.24, 2.45) is 11.3 Å². The average molecular weight is 359 g/mol. The van der Waals surface area contributed by atoms with E-state index >= 15 is 0 Å². The molecular weight excluding hydrogens is 332 g/mol. The van der Waals surface area contributed by atoms with Gasteiger partial charge in [0.2, 0.25) is 0 Å². The lowest BCUT2D eigenvalue weighted by atomic mass is 9.57. The number of hydrogen-bond donors (Lipinski definition) is 1. The summed E-state index contributed by atoms with van der Waals surface area (Å²) in [5.74, 6) is 0.0444. The number of benzene rings is 1. The summed E-state index contributed by atoms with van der Waals surface area (Å²) >= 11 is 6.44. The first-order chi connectivity index (χ1) is 11.8. The second-order valence-electron chi connectivity index (χ2n) is 8.55. The van der Waals surface area contributed by atoms with Gasteiger partial charge in [0.05, 0.1) is 5.92 Å². The maximum absolute atomic E-state index is 11.5. The van der Waals surface area contributed by atoms with Gasteiger partial charge in [-0.25, -0.2) is 0 Å². The number of alkyl halides is 1. The van der Waals surface area contributed by atoms with E-state index in [9.17, 15) is 9.90 Å². The summed E-state index contributed by atoms with van der Waals surface area (Å²) in [5, 5.41) is 9.71. The zero-order chi connectivity index (χ0) is 17.9. The molecule has 0 amide bonds. The maximum atomic E-state index is 11.5. The van der Waals surface area contributed by atoms with E-state index in [0.717, 1.165) is 31.2 Å². The zero-order valence-electron chi connectivity index (χ0n) is 15.3. The van der Waals surface area contributed by atoms with Crippen molar-refractivity contribution in [3.63, 3.8) is 0 Å². The Bertz CT molecular complexity index is 766. The number of allylic oxidation sites excluding steroid dienone is 2. The van der Waals surface area contributed by atoms with Crippen LogP contribution in [0.4, 0.5) is 0 Å². The van der Waals surface area contributed by atoms with Gasteiger partial charge in [-0.15, -0.1) is 11.6 Å². The molecule has 3 aliphatic rings. The molecule has 1 fully saturated rings. The molecule has 1 N–H and O–H groups in total. The molecule has 0 heterocycles. The predicted octanol–water partition coefficient (Wildman–Crippen LogP) is 5.57. The van der Waals surface area contributed by atoms with Crippen LogP contribution in [0.25, 0.3) is 0 Å². The highest BCUT2D eigenvalue weighted by atomic mass is 35.5. The first-order valence-corrected chi connectivity index (χ1v) is 9.95. The van der Waals surface area contributed by atoms with Crippen LogP contribution in [0.2, 0.25) is 0 Å². The molecule has 3 aliphatic carbocycles. The number of rotatable bonds is 2. The molecule has 0 saturated heterocycles. The number of carbonyl (C=O) groups is 1. The van der Waals surface area contributed by atoms with Gasteiger partial charge in [-0.2, -0.15) is 0 Å². The summed E-state index contributed by atoms with van der Waals surface area (Å²) in [6, 6.07) is 4.28. The molecular formula is C22H27ClO2. The third-order valence-corrected chi connectivity index (χ3v) is 7.78. The number of halogens is 1. The first-order valence-electron chi connectivity index (χ1n) is 9.51. The van der Waals surface area contributed by atoms with Crippen molar-refractivity contribution in [1.29, 1.82) is 0 Å². The molecule has 25 heavy (non-hydrogen) atoms. The van der Waals surface area contributed by atoms with E-state index in [1.165, 1.54) is 23.1 Å². The molecule has 4 rings (SSSR count). The Kier molecular flexibility index (Phi) is 4.03. The Morgan fingerprint density at radius 2 is 2.12 bits per heavy atom. The first kappa shape index (κ1) is 17.1. The van der Waals surface area contributed by atoms with Crippen molar-refractivity contribution < 1.29 is 9.90 Å². The molecule has 0 spiro atoms. The molecule has 1 saturated carbocycles. The molecule has 0 bridgehead atoms. The second-order valence-corrected chi connectivity index (χ2v) is 9.16. The maximum Gasteiger partial charge on any atom is 0.310 e. The summed E-state index contributed by atoms with van der Waals surface area (Å²) < 4.78 is 0. The second kappa shape index (κ2) is 5.87. The lowest BCUT2D eigenvalue weighted by molar-refractivity contribution is -0.138. The lowest BCUT2D eigenvalue weighted by Crippen LogP contribution is -2.39. The third-order valence-electron chi connectivity index (χ3n) is 7.41. The van der Waals surface area contributed by atoms with Gasteiger partial charge in [0.15, 0.2) is 0 Å². The van der Waals surface area contributed by atoms with Crippen molar-refractivity contribution in [1.82, 2.24) is 0 Å². The molecule has 0 radical (unpaired) electrons. The highest BCUT2D eigenvalue weighted by Crippen LogP contribution is 2.60. The van der Waals surface area contributed by atoms with Gasteiger partial charge in [-0.3, -0.25) is 4.79 Å². The summed E-state index contributed by atoms with van der Waals surface area (Å²) in [5.41, 5.74) is 6.91. The van der Waals surface area contributed by atoms with Crippen molar-refractivity contribution in [2.75, 3.05) is 0 Å². The van der Waals surface area contributed by atoms with Crippen molar-refractivity contribution >= 4 is 17.6 Å². The van der Waals surface area contributed by atoms with Crippen LogP contribution in [-0.4, -0.2) is 16.5 Å². The molecule has 1 aromatic rings. The number of carboxylic acids is 1. The van der Waals surface area contributed by atoms with Gasteiger partial charge in [-0.05, 0) is 85.5 Å². The lowest BCUT2D eigenvalue weighted by Gasteiger charge is -2.48. The van der Waals surface area contributed by atoms with Crippen molar-refractivity contribution in [3.05, 3.63) is 46.0 Å². The minimum atomic E-state index is -0.741. The van der Waals surface area contributed by atoms with Crippen LogP contribution >= 0.6 is 11.6 Å². The third kappa shape index (κ3) is 2.48. The van der Waals surface area contributed by atoms with E-state index in [4.69, 9.17) is 11.6 Å². The fourth-order valence-electron chi connectivity index (χ4n) is 5.76. The average Bonchev–Trinajstić information content (AvgIpc) is 2.96. The number of hydrogen-bond acceptors (Lipinski definition) is 1. The van der Waals surface area contributed by atoms with E-state index in [1.807, 2.05) is 0 Å². The normalized spacial score (nSPS) is 34.6. The van der Waals surface area contributed by atoms with Crippen LogP contribution in [0, 0.1) is 18.3 Å². The molecule has 3 unspecified atom stereocenters. The van der Waals surface area contributed by atoms with Crippen LogP contribution < -0.4 is 0 Å². The van der Waals surface area contributed by atoms with Crippen LogP contribution in [0.3, 0.4) is 0 Å². The van der Waals surface area contributed by atoms with Gasteiger partial charge in [-0.1, -0.05) is 30.7 Å². The van der Waals surface area contributed by atoms with Crippen LogP contribution in [0.1, 0.15) is 73.6 Å². The number of fused-ring (bicyclic) bond motifs is 5. The minimum Gasteiger partial charge on any atom is -0.481 e. The predicted molar refractivity (Wildman–Crippen MR) is 101 cm³/mol. The van der Waals surface area contributed by atoms with Gasteiger partial charge in [0, 0.05) is 5.38 Å². The summed E-state index contributed by atoms with van der Waals surface area (Å²) in [4.78, 5) is 11.5. The van der Waals surface area contributed by atoms with E-state index in [-0.39, 0.29) is 5.41 Å². The fraction of sp³-hybridized carbons (Fsp3) is 0.591. The quantitative estimate of drug-likeness (QED) is 0.554. The highest BCUT2D eigenvalue weighted by molar-refractivity contribution is 6.20. The Morgan fingerprint density at radius 3 is 2.84 bits per heavy atom. The molecule has 2 nitrogen and oxygen atoms in total. The molecule has 5 atom stereocenters. The summed E-state index contributed by atoms with van der Waals surface area (Å²) in [6.45, 7) is 6.36. The smallest absolute Gasteiger partial charge is 0.310 e. The van der Waals surface area contributed by atoms with Gasteiger partial charge in [0.1, 0.15) is 0 Å². The van der Waals surface area contributed by atoms with E-state index in [2.05, 4.69) is 32.1 Å². The Morgan fingerprint density at radius 1 is 1.36 bits per heavy atom.